The van der Waals surface area contributed by atoms with Crippen molar-refractivity contribution in [1.82, 2.24) is 10.2 Å². The second-order valence-corrected chi connectivity index (χ2v) is 4.26. The Balaban J connectivity index is 1.83. The van der Waals surface area contributed by atoms with Gasteiger partial charge in [0, 0.05) is 25.6 Å². The molecular weight excluding hydrogens is 164 g/mol. The van der Waals surface area contributed by atoms with Crippen LogP contribution in [0.3, 0.4) is 0 Å². The quantitative estimate of drug-likeness (QED) is 0.652. The molecule has 3 heteroatoms. The standard InChI is InChI=1S/C10H20N2O/c13-10(12-6-1-2-7-12)9-4-3-5-11-8-9/h9-11,13H,1-8H2/t9-,10?/m0/s1. The lowest BCUT2D eigenvalue weighted by Crippen LogP contribution is -2.45. The first-order valence-corrected chi connectivity index (χ1v) is 5.51. The third-order valence-corrected chi connectivity index (χ3v) is 3.27. The molecule has 2 aliphatic heterocycles. The molecule has 2 saturated heterocycles. The molecule has 0 aliphatic carbocycles. The summed E-state index contributed by atoms with van der Waals surface area (Å²) < 4.78 is 0. The SMILES string of the molecule is OC([C@H]1CCCNC1)N1CCCC1. The number of aliphatic hydroxyl groups excluding tert-OH is 1. The Kier molecular flexibility index (Phi) is 3.19. The zero-order valence-electron chi connectivity index (χ0n) is 8.21. The van der Waals surface area contributed by atoms with Crippen LogP contribution in [0.1, 0.15) is 25.7 Å². The fourth-order valence-corrected chi connectivity index (χ4v) is 2.44. The van der Waals surface area contributed by atoms with Gasteiger partial charge < -0.3 is 10.4 Å². The molecule has 2 aliphatic rings. The summed E-state index contributed by atoms with van der Waals surface area (Å²) in [7, 11) is 0. The first kappa shape index (κ1) is 9.44. The van der Waals surface area contributed by atoms with Crippen LogP contribution in [0, 0.1) is 5.92 Å². The van der Waals surface area contributed by atoms with Crippen LogP contribution < -0.4 is 5.32 Å². The summed E-state index contributed by atoms with van der Waals surface area (Å²) in [6.45, 7) is 4.32. The zero-order chi connectivity index (χ0) is 9.10. The van der Waals surface area contributed by atoms with Crippen LogP contribution >= 0.6 is 0 Å². The number of hydrogen-bond acceptors (Lipinski definition) is 3. The van der Waals surface area contributed by atoms with Crippen LogP contribution in [0.4, 0.5) is 0 Å². The second-order valence-electron chi connectivity index (χ2n) is 4.26. The number of piperidine rings is 1. The molecule has 0 amide bonds. The molecule has 0 spiro atoms. The Bertz CT molecular complexity index is 151. The lowest BCUT2D eigenvalue weighted by Gasteiger charge is -2.32. The van der Waals surface area contributed by atoms with Gasteiger partial charge in [-0.15, -0.1) is 0 Å². The molecule has 0 radical (unpaired) electrons. The lowest BCUT2D eigenvalue weighted by atomic mass is 9.97. The van der Waals surface area contributed by atoms with E-state index in [4.69, 9.17) is 0 Å². The van der Waals surface area contributed by atoms with Gasteiger partial charge in [0.1, 0.15) is 6.23 Å². The third-order valence-electron chi connectivity index (χ3n) is 3.27. The van der Waals surface area contributed by atoms with Gasteiger partial charge in [-0.3, -0.25) is 4.90 Å². The van der Waals surface area contributed by atoms with Gasteiger partial charge in [-0.1, -0.05) is 0 Å². The van der Waals surface area contributed by atoms with Crippen molar-refractivity contribution in [2.24, 2.45) is 5.92 Å². The van der Waals surface area contributed by atoms with Gasteiger partial charge in [-0.2, -0.15) is 0 Å². The molecule has 3 nitrogen and oxygen atoms in total. The molecule has 0 bridgehead atoms. The van der Waals surface area contributed by atoms with E-state index in [0.29, 0.717) is 5.92 Å². The first-order chi connectivity index (χ1) is 6.38. The minimum Gasteiger partial charge on any atom is -0.378 e. The summed E-state index contributed by atoms with van der Waals surface area (Å²) in [5.74, 6) is 0.465. The fourth-order valence-electron chi connectivity index (χ4n) is 2.44. The van der Waals surface area contributed by atoms with Crippen LogP contribution in [0.5, 0.6) is 0 Å². The minimum absolute atomic E-state index is 0.185. The van der Waals surface area contributed by atoms with Crippen molar-refractivity contribution in [3.63, 3.8) is 0 Å². The normalized spacial score (nSPS) is 33.5. The van der Waals surface area contributed by atoms with E-state index >= 15 is 0 Å². The number of rotatable bonds is 2. The van der Waals surface area contributed by atoms with Crippen molar-refractivity contribution in [2.45, 2.75) is 31.9 Å². The van der Waals surface area contributed by atoms with Gasteiger partial charge in [0.15, 0.2) is 0 Å². The number of nitrogens with zero attached hydrogens (tertiary/aromatic N) is 1. The summed E-state index contributed by atoms with van der Waals surface area (Å²) in [6.07, 6.45) is 4.74. The van der Waals surface area contributed by atoms with E-state index in [1.165, 1.54) is 25.7 Å². The Hall–Kier alpha value is -0.120. The number of likely N-dealkylation sites (tertiary alicyclic amines) is 1. The van der Waals surface area contributed by atoms with E-state index in [1.54, 1.807) is 0 Å². The van der Waals surface area contributed by atoms with E-state index in [-0.39, 0.29) is 6.23 Å². The van der Waals surface area contributed by atoms with E-state index in [2.05, 4.69) is 10.2 Å². The van der Waals surface area contributed by atoms with E-state index in [1.807, 2.05) is 0 Å². The zero-order valence-corrected chi connectivity index (χ0v) is 8.21. The summed E-state index contributed by atoms with van der Waals surface area (Å²) in [4.78, 5) is 2.23. The van der Waals surface area contributed by atoms with Gasteiger partial charge in [-0.25, -0.2) is 0 Å². The Morgan fingerprint density at radius 2 is 2.00 bits per heavy atom. The molecule has 2 N–H and O–H groups in total. The average Bonchev–Trinajstić information content (AvgIpc) is 2.71. The molecule has 2 atom stereocenters. The Morgan fingerprint density at radius 1 is 1.23 bits per heavy atom. The first-order valence-electron chi connectivity index (χ1n) is 5.51. The largest absolute Gasteiger partial charge is 0.378 e. The van der Waals surface area contributed by atoms with E-state index < -0.39 is 0 Å². The van der Waals surface area contributed by atoms with Gasteiger partial charge in [0.2, 0.25) is 0 Å². The van der Waals surface area contributed by atoms with Crippen LogP contribution in [-0.2, 0) is 0 Å². The van der Waals surface area contributed by atoms with Crippen LogP contribution in [-0.4, -0.2) is 42.4 Å². The molecule has 0 saturated carbocycles. The van der Waals surface area contributed by atoms with Crippen molar-refractivity contribution in [3.05, 3.63) is 0 Å². The minimum atomic E-state index is -0.185. The molecular formula is C10H20N2O. The molecule has 1 unspecified atom stereocenters. The summed E-state index contributed by atoms with van der Waals surface area (Å²) >= 11 is 0. The van der Waals surface area contributed by atoms with Crippen molar-refractivity contribution >= 4 is 0 Å². The van der Waals surface area contributed by atoms with Crippen LogP contribution in [0.15, 0.2) is 0 Å². The van der Waals surface area contributed by atoms with Gasteiger partial charge in [0.05, 0.1) is 0 Å². The molecule has 76 valence electrons. The maximum Gasteiger partial charge on any atom is 0.111 e. The smallest absolute Gasteiger partial charge is 0.111 e. The number of aliphatic hydroxyl groups is 1. The van der Waals surface area contributed by atoms with Crippen molar-refractivity contribution in [3.8, 4) is 0 Å². The Labute approximate surface area is 80.1 Å². The van der Waals surface area contributed by atoms with Crippen molar-refractivity contribution < 1.29 is 5.11 Å². The molecule has 2 heterocycles. The monoisotopic (exact) mass is 184 g/mol. The molecule has 0 aromatic rings. The molecule has 0 aromatic carbocycles. The highest BCUT2D eigenvalue weighted by Gasteiger charge is 2.28. The fraction of sp³-hybridized carbons (Fsp3) is 1.00. The summed E-state index contributed by atoms with van der Waals surface area (Å²) in [5, 5.41) is 13.4. The van der Waals surface area contributed by atoms with Crippen LogP contribution in [0.2, 0.25) is 0 Å². The highest BCUT2D eigenvalue weighted by Crippen LogP contribution is 2.20. The highest BCUT2D eigenvalue weighted by molar-refractivity contribution is 4.79. The maximum atomic E-state index is 10.1. The highest BCUT2D eigenvalue weighted by atomic mass is 16.3. The third kappa shape index (κ3) is 2.22. The van der Waals surface area contributed by atoms with E-state index in [0.717, 1.165) is 26.2 Å². The van der Waals surface area contributed by atoms with Gasteiger partial charge in [0.25, 0.3) is 0 Å². The van der Waals surface area contributed by atoms with Crippen molar-refractivity contribution in [1.29, 1.82) is 0 Å². The summed E-state index contributed by atoms with van der Waals surface area (Å²) in [6, 6.07) is 0. The van der Waals surface area contributed by atoms with Gasteiger partial charge in [-0.05, 0) is 32.2 Å². The predicted octanol–water partition coefficient (Wildman–Crippen LogP) is 0.400. The molecule has 2 fully saturated rings. The lowest BCUT2D eigenvalue weighted by molar-refractivity contribution is -0.0334. The topological polar surface area (TPSA) is 35.5 Å². The summed E-state index contributed by atoms with van der Waals surface area (Å²) in [5.41, 5.74) is 0. The average molecular weight is 184 g/mol. The Morgan fingerprint density at radius 3 is 2.62 bits per heavy atom. The number of hydrogen-bond donors (Lipinski definition) is 2. The second kappa shape index (κ2) is 4.40. The molecule has 2 rings (SSSR count). The maximum absolute atomic E-state index is 10.1. The number of nitrogens with one attached hydrogen (secondary N) is 1. The predicted molar refractivity (Wildman–Crippen MR) is 52.4 cm³/mol. The molecule has 13 heavy (non-hydrogen) atoms. The van der Waals surface area contributed by atoms with E-state index in [9.17, 15) is 5.11 Å². The van der Waals surface area contributed by atoms with Crippen molar-refractivity contribution in [2.75, 3.05) is 26.2 Å². The molecule has 0 aromatic heterocycles. The van der Waals surface area contributed by atoms with Crippen LogP contribution in [0.25, 0.3) is 0 Å². The van der Waals surface area contributed by atoms with Gasteiger partial charge >= 0.3 is 0 Å².